The molecule has 0 amide bonds. The summed E-state index contributed by atoms with van der Waals surface area (Å²) in [5.74, 6) is 8.53. The van der Waals surface area contributed by atoms with E-state index in [1.54, 1.807) is 24.3 Å². The molecular formula is C29H18F4O. The molecule has 0 aliphatic rings. The van der Waals surface area contributed by atoms with Crippen LogP contribution < -0.4 is 4.74 Å². The first-order chi connectivity index (χ1) is 16.4. The van der Waals surface area contributed by atoms with Gasteiger partial charge in [-0.15, -0.1) is 0 Å². The zero-order chi connectivity index (χ0) is 24.1. The molecule has 0 unspecified atom stereocenters. The Hall–Kier alpha value is -4.22. The Morgan fingerprint density at radius 3 is 1.97 bits per heavy atom. The highest BCUT2D eigenvalue weighted by Crippen LogP contribution is 2.21. The average Bonchev–Trinajstić information content (AvgIpc) is 2.84. The molecule has 4 rings (SSSR count). The molecule has 0 bridgehead atoms. The third-order valence-electron chi connectivity index (χ3n) is 4.97. The summed E-state index contributed by atoms with van der Waals surface area (Å²) >= 11 is 0. The van der Waals surface area contributed by atoms with Crippen LogP contribution in [0.1, 0.15) is 35.6 Å². The van der Waals surface area contributed by atoms with Gasteiger partial charge in [0.2, 0.25) is 0 Å². The fourth-order valence-electron chi connectivity index (χ4n) is 3.22. The van der Waals surface area contributed by atoms with Crippen LogP contribution in [0.5, 0.6) is 5.75 Å². The first kappa shape index (κ1) is 23.0. The number of ether oxygens (including phenoxy) is 1. The molecule has 0 aliphatic carbocycles. The van der Waals surface area contributed by atoms with Gasteiger partial charge >= 0.3 is 0 Å². The molecule has 4 aromatic rings. The van der Waals surface area contributed by atoms with Crippen LogP contribution in [0.15, 0.2) is 66.7 Å². The van der Waals surface area contributed by atoms with Crippen LogP contribution in [0.2, 0.25) is 0 Å². The van der Waals surface area contributed by atoms with Gasteiger partial charge in [-0.1, -0.05) is 42.7 Å². The summed E-state index contributed by atoms with van der Waals surface area (Å²) in [5.41, 5.74) is 1.24. The van der Waals surface area contributed by atoms with E-state index in [-0.39, 0.29) is 16.5 Å². The van der Waals surface area contributed by atoms with Crippen molar-refractivity contribution in [1.29, 1.82) is 0 Å². The lowest BCUT2D eigenvalue weighted by Gasteiger charge is -2.04. The monoisotopic (exact) mass is 458 g/mol. The molecule has 0 radical (unpaired) electrons. The average molecular weight is 458 g/mol. The van der Waals surface area contributed by atoms with E-state index in [2.05, 4.69) is 23.7 Å². The Morgan fingerprint density at radius 2 is 1.29 bits per heavy atom. The lowest BCUT2D eigenvalue weighted by Crippen LogP contribution is -1.96. The summed E-state index contributed by atoms with van der Waals surface area (Å²) in [4.78, 5) is 0. The molecular weight excluding hydrogens is 440 g/mol. The normalized spacial score (nSPS) is 10.3. The molecule has 1 nitrogen and oxygen atoms in total. The predicted molar refractivity (Wildman–Crippen MR) is 124 cm³/mol. The van der Waals surface area contributed by atoms with Crippen molar-refractivity contribution in [2.24, 2.45) is 0 Å². The van der Waals surface area contributed by atoms with E-state index in [0.717, 1.165) is 12.5 Å². The van der Waals surface area contributed by atoms with Crippen LogP contribution in [0.3, 0.4) is 0 Å². The van der Waals surface area contributed by atoms with Crippen molar-refractivity contribution in [1.82, 2.24) is 0 Å². The van der Waals surface area contributed by atoms with Crippen molar-refractivity contribution < 1.29 is 22.3 Å². The van der Waals surface area contributed by atoms with Crippen molar-refractivity contribution in [3.8, 4) is 29.4 Å². The largest absolute Gasteiger partial charge is 0.494 e. The van der Waals surface area contributed by atoms with E-state index in [4.69, 9.17) is 4.74 Å². The van der Waals surface area contributed by atoms with Crippen molar-refractivity contribution in [2.75, 3.05) is 6.61 Å². The van der Waals surface area contributed by atoms with Gasteiger partial charge in [-0.3, -0.25) is 0 Å². The molecule has 0 aliphatic heterocycles. The fraction of sp³-hybridized carbons (Fsp3) is 0.103. The molecule has 0 aromatic heterocycles. The maximum Gasteiger partial charge on any atom is 0.166 e. The number of halogens is 4. The van der Waals surface area contributed by atoms with Crippen LogP contribution in [-0.4, -0.2) is 6.61 Å². The van der Waals surface area contributed by atoms with E-state index in [1.165, 1.54) is 36.4 Å². The van der Waals surface area contributed by atoms with Crippen molar-refractivity contribution in [2.45, 2.75) is 13.3 Å². The Balaban J connectivity index is 1.53. The number of hydrogen-bond acceptors (Lipinski definition) is 1. The Morgan fingerprint density at radius 1 is 0.647 bits per heavy atom. The van der Waals surface area contributed by atoms with Gasteiger partial charge < -0.3 is 4.74 Å². The van der Waals surface area contributed by atoms with E-state index >= 15 is 0 Å². The molecule has 0 saturated heterocycles. The first-order valence-corrected chi connectivity index (χ1v) is 10.6. The lowest BCUT2D eigenvalue weighted by molar-refractivity contribution is 0.315. The second kappa shape index (κ2) is 10.1. The summed E-state index contributed by atoms with van der Waals surface area (Å²) in [6.07, 6.45) is 0.818. The fourth-order valence-corrected chi connectivity index (χ4v) is 3.22. The van der Waals surface area contributed by atoms with Crippen LogP contribution in [-0.2, 0) is 0 Å². The molecule has 0 fully saturated rings. The minimum absolute atomic E-state index is 0.152. The molecule has 168 valence electrons. The summed E-state index contributed by atoms with van der Waals surface area (Å²) in [6.45, 7) is 2.46. The van der Waals surface area contributed by atoms with Gasteiger partial charge in [0.1, 0.15) is 17.4 Å². The van der Waals surface area contributed by atoms with Gasteiger partial charge in [-0.25, -0.2) is 17.6 Å². The van der Waals surface area contributed by atoms with Gasteiger partial charge in [0.05, 0.1) is 17.7 Å². The Bertz CT molecular complexity index is 1500. The van der Waals surface area contributed by atoms with E-state index in [1.807, 2.05) is 6.92 Å². The SMILES string of the molecule is CCCOc1ccc(C#Cc2ccc(C#Cc3ccc4c(F)c(F)ccc4c3)c(F)c2)c(F)c1. The molecule has 0 saturated carbocycles. The summed E-state index contributed by atoms with van der Waals surface area (Å²) in [6, 6.07) is 15.8. The second-order valence-electron chi connectivity index (χ2n) is 7.48. The zero-order valence-corrected chi connectivity index (χ0v) is 18.2. The number of benzene rings is 4. The number of rotatable bonds is 3. The third kappa shape index (κ3) is 5.22. The van der Waals surface area contributed by atoms with E-state index in [0.29, 0.717) is 28.9 Å². The molecule has 0 N–H and O–H groups in total. The summed E-state index contributed by atoms with van der Waals surface area (Å²) < 4.78 is 61.3. The number of fused-ring (bicyclic) bond motifs is 1. The minimum atomic E-state index is -0.919. The first-order valence-electron chi connectivity index (χ1n) is 10.6. The summed E-state index contributed by atoms with van der Waals surface area (Å²) in [5, 5.41) is 0.646. The quantitative estimate of drug-likeness (QED) is 0.238. The molecule has 0 spiro atoms. The van der Waals surface area contributed by atoms with Crippen LogP contribution >= 0.6 is 0 Å². The Labute approximate surface area is 195 Å². The molecule has 4 aromatic carbocycles. The van der Waals surface area contributed by atoms with Gasteiger partial charge in [0.25, 0.3) is 0 Å². The summed E-state index contributed by atoms with van der Waals surface area (Å²) in [7, 11) is 0. The van der Waals surface area contributed by atoms with Crippen LogP contribution in [0, 0.1) is 47.0 Å². The second-order valence-corrected chi connectivity index (χ2v) is 7.48. The van der Waals surface area contributed by atoms with Gasteiger partial charge in [0.15, 0.2) is 11.6 Å². The highest BCUT2D eigenvalue weighted by Gasteiger charge is 2.07. The topological polar surface area (TPSA) is 9.23 Å². The third-order valence-corrected chi connectivity index (χ3v) is 4.97. The van der Waals surface area contributed by atoms with E-state index < -0.39 is 23.3 Å². The van der Waals surface area contributed by atoms with Crippen molar-refractivity contribution >= 4 is 10.8 Å². The predicted octanol–water partition coefficient (Wildman–Crippen LogP) is 6.98. The van der Waals surface area contributed by atoms with Crippen molar-refractivity contribution in [3.63, 3.8) is 0 Å². The smallest absolute Gasteiger partial charge is 0.166 e. The van der Waals surface area contributed by atoms with E-state index in [9.17, 15) is 17.6 Å². The molecule has 0 heterocycles. The Kier molecular flexibility index (Phi) is 6.85. The van der Waals surface area contributed by atoms with Gasteiger partial charge in [-0.05, 0) is 60.3 Å². The van der Waals surface area contributed by atoms with Gasteiger partial charge in [-0.2, -0.15) is 0 Å². The van der Waals surface area contributed by atoms with Gasteiger partial charge in [0, 0.05) is 22.6 Å². The molecule has 5 heteroatoms. The molecule has 34 heavy (non-hydrogen) atoms. The standard InChI is InChI=1S/C29H18F4O/c1-2-15-34-24-12-10-22(28(32)18-24)9-5-20-4-8-21(27(31)17-20)7-3-19-6-13-25-23(16-19)11-14-26(30)29(25)33/h4,6,8,10-14,16-18H,2,15H2,1H3. The molecule has 0 atom stereocenters. The highest BCUT2D eigenvalue weighted by atomic mass is 19.2. The zero-order valence-electron chi connectivity index (χ0n) is 18.2. The van der Waals surface area contributed by atoms with Crippen LogP contribution in [0.25, 0.3) is 10.8 Å². The van der Waals surface area contributed by atoms with Crippen molar-refractivity contribution in [3.05, 3.63) is 112 Å². The minimum Gasteiger partial charge on any atom is -0.494 e. The number of hydrogen-bond donors (Lipinski definition) is 0. The maximum atomic E-state index is 14.5. The lowest BCUT2D eigenvalue weighted by atomic mass is 10.1. The highest BCUT2D eigenvalue weighted by molar-refractivity contribution is 5.84. The maximum absolute atomic E-state index is 14.5. The van der Waals surface area contributed by atoms with Crippen LogP contribution in [0.4, 0.5) is 17.6 Å².